The number of aliphatic hydroxyl groups is 1. The van der Waals surface area contributed by atoms with E-state index in [1.165, 1.54) is 0 Å². The quantitative estimate of drug-likeness (QED) is 0.905. The number of hydrogen-bond donors (Lipinski definition) is 1. The Bertz CT molecular complexity index is 398. The van der Waals surface area contributed by atoms with E-state index < -0.39 is 0 Å². The monoisotopic (exact) mass is 300 g/mol. The molecule has 2 heterocycles. The Hall–Kier alpha value is -0.650. The predicted octanol–water partition coefficient (Wildman–Crippen LogP) is 1.82. The van der Waals surface area contributed by atoms with Crippen LogP contribution in [0, 0.1) is 0 Å². The number of aliphatic hydroxyl groups excluding tert-OH is 1. The average Bonchev–Trinajstić information content (AvgIpc) is 2.27. The number of aromatic nitrogens is 1. The number of pyridine rings is 1. The fourth-order valence-corrected chi connectivity index (χ4v) is 2.67. The number of anilines is 1. The van der Waals surface area contributed by atoms with Gasteiger partial charge in [-0.15, -0.1) is 0 Å². The molecular weight excluding hydrogens is 284 g/mol. The minimum atomic E-state index is -0.275. The smallest absolute Gasteiger partial charge is 0.143 e. The van der Waals surface area contributed by atoms with Gasteiger partial charge in [-0.2, -0.15) is 0 Å². The molecular formula is C12H17BrN2O2. The number of ether oxygens (including phenoxy) is 1. The van der Waals surface area contributed by atoms with Crippen LogP contribution in [0.15, 0.2) is 22.8 Å². The van der Waals surface area contributed by atoms with Crippen molar-refractivity contribution in [3.63, 3.8) is 0 Å². The summed E-state index contributed by atoms with van der Waals surface area (Å²) in [6.45, 7) is 5.51. The zero-order chi connectivity index (χ0) is 12.5. The van der Waals surface area contributed by atoms with E-state index in [2.05, 4.69) is 25.8 Å². The Morgan fingerprint density at radius 2 is 2.41 bits per heavy atom. The second kappa shape index (κ2) is 4.92. The van der Waals surface area contributed by atoms with Gasteiger partial charge < -0.3 is 14.7 Å². The summed E-state index contributed by atoms with van der Waals surface area (Å²) in [6.07, 6.45) is 1.61. The fourth-order valence-electron chi connectivity index (χ4n) is 2.16. The van der Waals surface area contributed by atoms with Crippen molar-refractivity contribution in [2.24, 2.45) is 0 Å². The van der Waals surface area contributed by atoms with Gasteiger partial charge >= 0.3 is 0 Å². The molecule has 1 unspecified atom stereocenters. The molecule has 1 saturated heterocycles. The molecule has 1 N–H and O–H groups in total. The Kier molecular flexibility index (Phi) is 3.70. The summed E-state index contributed by atoms with van der Waals surface area (Å²) in [5.74, 6) is 0.905. The van der Waals surface area contributed by atoms with Gasteiger partial charge in [0.25, 0.3) is 0 Å². The first-order valence-electron chi connectivity index (χ1n) is 5.66. The highest BCUT2D eigenvalue weighted by Crippen LogP contribution is 2.29. The molecule has 0 amide bonds. The van der Waals surface area contributed by atoms with Crippen LogP contribution in [0.3, 0.4) is 0 Å². The molecule has 1 aromatic rings. The normalized spacial score (nSPS) is 23.8. The molecule has 0 radical (unpaired) electrons. The number of morpholine rings is 1. The summed E-state index contributed by atoms with van der Waals surface area (Å²) in [5, 5.41) is 9.27. The standard InChI is InChI=1S/C12H17BrN2O2/c1-12(2)8-15(6-9(7-16)17-12)11-10(13)4-3-5-14-11/h3-5,9,16H,6-8H2,1-2H3. The summed E-state index contributed by atoms with van der Waals surface area (Å²) in [6, 6.07) is 3.86. The molecule has 1 atom stereocenters. The summed E-state index contributed by atoms with van der Waals surface area (Å²) in [5.41, 5.74) is -0.275. The number of halogens is 1. The van der Waals surface area contributed by atoms with E-state index in [0.29, 0.717) is 6.54 Å². The Morgan fingerprint density at radius 3 is 3.06 bits per heavy atom. The van der Waals surface area contributed by atoms with E-state index in [0.717, 1.165) is 16.8 Å². The van der Waals surface area contributed by atoms with E-state index in [4.69, 9.17) is 4.74 Å². The molecule has 0 aliphatic carbocycles. The second-order valence-electron chi connectivity index (χ2n) is 4.87. The van der Waals surface area contributed by atoms with Gasteiger partial charge in [-0.3, -0.25) is 0 Å². The Labute approximate surface area is 110 Å². The molecule has 0 saturated carbocycles. The summed E-state index contributed by atoms with van der Waals surface area (Å²) < 4.78 is 6.75. The lowest BCUT2D eigenvalue weighted by Crippen LogP contribution is -2.54. The minimum Gasteiger partial charge on any atom is -0.394 e. The second-order valence-corrected chi connectivity index (χ2v) is 5.73. The zero-order valence-electron chi connectivity index (χ0n) is 10.1. The summed E-state index contributed by atoms with van der Waals surface area (Å²) in [4.78, 5) is 6.53. The lowest BCUT2D eigenvalue weighted by Gasteiger charge is -2.43. The summed E-state index contributed by atoms with van der Waals surface area (Å²) >= 11 is 3.50. The number of rotatable bonds is 2. The average molecular weight is 301 g/mol. The van der Waals surface area contributed by atoms with Crippen LogP contribution in [0.25, 0.3) is 0 Å². The highest BCUT2D eigenvalue weighted by molar-refractivity contribution is 9.10. The van der Waals surface area contributed by atoms with Crippen molar-refractivity contribution < 1.29 is 9.84 Å². The highest BCUT2D eigenvalue weighted by Gasteiger charge is 2.34. The van der Waals surface area contributed by atoms with Crippen molar-refractivity contribution in [3.05, 3.63) is 22.8 Å². The van der Waals surface area contributed by atoms with E-state index in [1.54, 1.807) is 6.20 Å². The van der Waals surface area contributed by atoms with Crippen LogP contribution in [-0.4, -0.2) is 41.5 Å². The van der Waals surface area contributed by atoms with Gasteiger partial charge in [0.1, 0.15) is 5.82 Å². The Morgan fingerprint density at radius 1 is 1.65 bits per heavy atom. The first-order valence-corrected chi connectivity index (χ1v) is 6.45. The van der Waals surface area contributed by atoms with Gasteiger partial charge in [0.2, 0.25) is 0 Å². The molecule has 17 heavy (non-hydrogen) atoms. The third-order valence-electron chi connectivity index (χ3n) is 2.72. The van der Waals surface area contributed by atoms with E-state index in [9.17, 15) is 5.11 Å². The molecule has 1 aliphatic heterocycles. The summed E-state index contributed by atoms with van der Waals surface area (Å²) in [7, 11) is 0. The molecule has 1 aromatic heterocycles. The van der Waals surface area contributed by atoms with Crippen molar-refractivity contribution in [1.29, 1.82) is 0 Å². The van der Waals surface area contributed by atoms with Crippen molar-refractivity contribution in [2.45, 2.75) is 25.6 Å². The van der Waals surface area contributed by atoms with Gasteiger partial charge in [0, 0.05) is 19.3 Å². The van der Waals surface area contributed by atoms with Crippen molar-refractivity contribution in [2.75, 3.05) is 24.6 Å². The lowest BCUT2D eigenvalue weighted by atomic mass is 10.1. The van der Waals surface area contributed by atoms with Crippen molar-refractivity contribution in [1.82, 2.24) is 4.98 Å². The van der Waals surface area contributed by atoms with Crippen LogP contribution >= 0.6 is 15.9 Å². The molecule has 94 valence electrons. The topological polar surface area (TPSA) is 45.6 Å². The highest BCUT2D eigenvalue weighted by atomic mass is 79.9. The SMILES string of the molecule is CC1(C)CN(c2ncccc2Br)CC(CO)O1. The number of nitrogens with zero attached hydrogens (tertiary/aromatic N) is 2. The van der Waals surface area contributed by atoms with E-state index >= 15 is 0 Å². The molecule has 0 bridgehead atoms. The van der Waals surface area contributed by atoms with Crippen LogP contribution in [0.4, 0.5) is 5.82 Å². The lowest BCUT2D eigenvalue weighted by molar-refractivity contribution is -0.101. The third-order valence-corrected chi connectivity index (χ3v) is 3.34. The van der Waals surface area contributed by atoms with Crippen molar-refractivity contribution in [3.8, 4) is 0 Å². The largest absolute Gasteiger partial charge is 0.394 e. The zero-order valence-corrected chi connectivity index (χ0v) is 11.6. The van der Waals surface area contributed by atoms with Gasteiger partial charge in [0.15, 0.2) is 0 Å². The molecule has 0 spiro atoms. The van der Waals surface area contributed by atoms with Gasteiger partial charge in [-0.1, -0.05) is 0 Å². The van der Waals surface area contributed by atoms with Gasteiger partial charge in [-0.05, 0) is 41.9 Å². The van der Waals surface area contributed by atoms with Crippen LogP contribution in [0.5, 0.6) is 0 Å². The molecule has 1 fully saturated rings. The van der Waals surface area contributed by atoms with E-state index in [-0.39, 0.29) is 18.3 Å². The maximum Gasteiger partial charge on any atom is 0.143 e. The van der Waals surface area contributed by atoms with Crippen molar-refractivity contribution >= 4 is 21.7 Å². The predicted molar refractivity (Wildman–Crippen MR) is 70.2 cm³/mol. The maximum atomic E-state index is 9.27. The molecule has 5 heteroatoms. The Balaban J connectivity index is 2.24. The first-order chi connectivity index (χ1) is 8.02. The van der Waals surface area contributed by atoms with Crippen LogP contribution in [0.1, 0.15) is 13.8 Å². The van der Waals surface area contributed by atoms with Crippen LogP contribution in [-0.2, 0) is 4.74 Å². The minimum absolute atomic E-state index is 0.0321. The molecule has 2 rings (SSSR count). The van der Waals surface area contributed by atoms with Crippen LogP contribution < -0.4 is 4.90 Å². The van der Waals surface area contributed by atoms with Crippen LogP contribution in [0.2, 0.25) is 0 Å². The van der Waals surface area contributed by atoms with Gasteiger partial charge in [-0.25, -0.2) is 4.98 Å². The van der Waals surface area contributed by atoms with E-state index in [1.807, 2.05) is 26.0 Å². The third kappa shape index (κ3) is 2.97. The number of hydrogen-bond acceptors (Lipinski definition) is 4. The van der Waals surface area contributed by atoms with Gasteiger partial charge in [0.05, 0.1) is 22.8 Å². The fraction of sp³-hybridized carbons (Fsp3) is 0.583. The molecule has 0 aromatic carbocycles. The molecule has 1 aliphatic rings. The first kappa shape index (κ1) is 12.8. The maximum absolute atomic E-state index is 9.27. The molecule has 4 nitrogen and oxygen atoms in total.